The van der Waals surface area contributed by atoms with Gasteiger partial charge in [0.15, 0.2) is 12.4 Å². The van der Waals surface area contributed by atoms with Crippen LogP contribution < -0.4 is 4.74 Å². The molecule has 0 atom stereocenters. The summed E-state index contributed by atoms with van der Waals surface area (Å²) in [6.07, 6.45) is 0. The highest BCUT2D eigenvalue weighted by molar-refractivity contribution is 5.99. The highest BCUT2D eigenvalue weighted by Gasteiger charge is 2.22. The number of carbonyl (C=O) groups excluding carboxylic acids is 2. The van der Waals surface area contributed by atoms with Crippen molar-refractivity contribution in [3.8, 4) is 11.4 Å². The second-order valence-electron chi connectivity index (χ2n) is 6.60. The Balaban J connectivity index is 1.86. The zero-order chi connectivity index (χ0) is 21.8. The lowest BCUT2D eigenvalue weighted by Gasteiger charge is -2.10. The summed E-state index contributed by atoms with van der Waals surface area (Å²) in [5.74, 6) is -1.16. The molecule has 0 fully saturated rings. The van der Waals surface area contributed by atoms with Gasteiger partial charge in [0.25, 0.3) is 0 Å². The number of Topliss-reactive ketones (excluding diaryl/α,β-unsaturated/α-hetero) is 1. The number of ether oxygens (including phenoxy) is 2. The predicted molar refractivity (Wildman–Crippen MR) is 110 cm³/mol. The highest BCUT2D eigenvalue weighted by atomic mass is 16.6. The van der Waals surface area contributed by atoms with Gasteiger partial charge in [0, 0.05) is 34.8 Å². The third kappa shape index (κ3) is 4.07. The normalized spacial score (nSPS) is 10.5. The number of aromatic nitrogens is 1. The molecule has 0 saturated carbocycles. The van der Waals surface area contributed by atoms with E-state index in [4.69, 9.17) is 4.74 Å². The van der Waals surface area contributed by atoms with E-state index in [9.17, 15) is 19.7 Å². The second kappa shape index (κ2) is 8.60. The average molecular weight is 408 g/mol. The van der Waals surface area contributed by atoms with Crippen LogP contribution in [0, 0.1) is 24.0 Å². The van der Waals surface area contributed by atoms with E-state index in [-0.39, 0.29) is 22.8 Å². The first-order valence-corrected chi connectivity index (χ1v) is 9.10. The minimum Gasteiger partial charge on any atom is -0.478 e. The van der Waals surface area contributed by atoms with Crippen molar-refractivity contribution in [2.24, 2.45) is 0 Å². The van der Waals surface area contributed by atoms with Gasteiger partial charge in [0.2, 0.25) is 5.78 Å². The lowest BCUT2D eigenvalue weighted by molar-refractivity contribution is -0.385. The number of methoxy groups -OCH3 is 1. The molecule has 30 heavy (non-hydrogen) atoms. The number of nitrogens with zero attached hydrogens (tertiary/aromatic N) is 2. The molecule has 0 unspecified atom stereocenters. The first-order valence-electron chi connectivity index (χ1n) is 9.10. The van der Waals surface area contributed by atoms with Crippen LogP contribution in [0.1, 0.15) is 32.1 Å². The third-order valence-electron chi connectivity index (χ3n) is 4.68. The fourth-order valence-corrected chi connectivity index (χ4v) is 3.27. The SMILES string of the molecule is COC(=O)c1ccc([N+](=O)[O-])c(OCC(=O)c2cc(C)n(-c3ccccc3)c2C)c1. The molecule has 0 aliphatic heterocycles. The molecule has 3 rings (SSSR count). The fourth-order valence-electron chi connectivity index (χ4n) is 3.27. The van der Waals surface area contributed by atoms with Crippen molar-refractivity contribution in [1.29, 1.82) is 0 Å². The Bertz CT molecular complexity index is 1120. The van der Waals surface area contributed by atoms with E-state index in [0.29, 0.717) is 5.56 Å². The quantitative estimate of drug-likeness (QED) is 0.253. The highest BCUT2D eigenvalue weighted by Crippen LogP contribution is 2.29. The number of para-hydroxylation sites is 1. The first kappa shape index (κ1) is 20.8. The standard InChI is InChI=1S/C22H20N2O6/c1-14-11-18(15(2)23(14)17-7-5-4-6-8-17)20(25)13-30-21-12-16(22(26)29-3)9-10-19(21)24(27)28/h4-12H,13H2,1-3H3. The van der Waals surface area contributed by atoms with Gasteiger partial charge >= 0.3 is 11.7 Å². The number of nitro benzene ring substituents is 1. The lowest BCUT2D eigenvalue weighted by atomic mass is 10.1. The molecular formula is C22H20N2O6. The molecule has 0 aliphatic carbocycles. The molecule has 1 heterocycles. The Morgan fingerprint density at radius 2 is 1.77 bits per heavy atom. The predicted octanol–water partition coefficient (Wildman–Crippen LogP) is 4.05. The topological polar surface area (TPSA) is 101 Å². The van der Waals surface area contributed by atoms with Gasteiger partial charge in [-0.3, -0.25) is 14.9 Å². The molecule has 0 aliphatic rings. The molecule has 0 radical (unpaired) electrons. The van der Waals surface area contributed by atoms with Crippen LogP contribution in [0.15, 0.2) is 54.6 Å². The van der Waals surface area contributed by atoms with E-state index in [0.717, 1.165) is 23.1 Å². The summed E-state index contributed by atoms with van der Waals surface area (Å²) >= 11 is 0. The van der Waals surface area contributed by atoms with Crippen LogP contribution in [0.25, 0.3) is 5.69 Å². The van der Waals surface area contributed by atoms with Crippen molar-refractivity contribution in [3.05, 3.63) is 87.2 Å². The van der Waals surface area contributed by atoms with Crippen LogP contribution >= 0.6 is 0 Å². The molecule has 3 aromatic rings. The largest absolute Gasteiger partial charge is 0.478 e. The van der Waals surface area contributed by atoms with Crippen molar-refractivity contribution >= 4 is 17.4 Å². The van der Waals surface area contributed by atoms with E-state index < -0.39 is 17.5 Å². The van der Waals surface area contributed by atoms with Crippen LogP contribution in [0.3, 0.4) is 0 Å². The van der Waals surface area contributed by atoms with E-state index in [1.54, 1.807) is 6.07 Å². The van der Waals surface area contributed by atoms with Crippen LogP contribution in [0.5, 0.6) is 5.75 Å². The molecule has 8 nitrogen and oxygen atoms in total. The Morgan fingerprint density at radius 3 is 2.40 bits per heavy atom. The first-order chi connectivity index (χ1) is 14.3. The summed E-state index contributed by atoms with van der Waals surface area (Å²) in [4.78, 5) is 35.1. The summed E-state index contributed by atoms with van der Waals surface area (Å²) in [6.45, 7) is 3.31. The van der Waals surface area contributed by atoms with Gasteiger partial charge in [0.05, 0.1) is 17.6 Å². The maximum atomic E-state index is 12.8. The van der Waals surface area contributed by atoms with Crippen LogP contribution in [-0.4, -0.2) is 35.0 Å². The molecule has 0 saturated heterocycles. The van der Waals surface area contributed by atoms with Gasteiger partial charge in [-0.05, 0) is 38.1 Å². The van der Waals surface area contributed by atoms with E-state index >= 15 is 0 Å². The Morgan fingerprint density at radius 1 is 1.07 bits per heavy atom. The van der Waals surface area contributed by atoms with Gasteiger partial charge in [-0.15, -0.1) is 0 Å². The maximum absolute atomic E-state index is 12.8. The number of ketones is 1. The van der Waals surface area contributed by atoms with Crippen LogP contribution in [0.2, 0.25) is 0 Å². The summed E-state index contributed by atoms with van der Waals surface area (Å²) in [6, 6.07) is 15.0. The molecule has 0 bridgehead atoms. The van der Waals surface area contributed by atoms with Crippen molar-refractivity contribution in [3.63, 3.8) is 0 Å². The number of aryl methyl sites for hydroxylation is 1. The van der Waals surface area contributed by atoms with Crippen molar-refractivity contribution in [1.82, 2.24) is 4.57 Å². The third-order valence-corrected chi connectivity index (χ3v) is 4.68. The zero-order valence-corrected chi connectivity index (χ0v) is 16.7. The maximum Gasteiger partial charge on any atom is 0.337 e. The van der Waals surface area contributed by atoms with Gasteiger partial charge in [-0.25, -0.2) is 4.79 Å². The number of hydrogen-bond donors (Lipinski definition) is 0. The van der Waals surface area contributed by atoms with Gasteiger partial charge in [0.1, 0.15) is 0 Å². The molecule has 8 heteroatoms. The van der Waals surface area contributed by atoms with Gasteiger partial charge in [-0.2, -0.15) is 0 Å². The zero-order valence-electron chi connectivity index (χ0n) is 16.7. The molecule has 0 spiro atoms. The Labute approximate surface area is 172 Å². The average Bonchev–Trinajstić information content (AvgIpc) is 3.05. The van der Waals surface area contributed by atoms with E-state index in [2.05, 4.69) is 4.74 Å². The number of carbonyl (C=O) groups is 2. The Hall–Kier alpha value is -3.94. The smallest absolute Gasteiger partial charge is 0.337 e. The molecule has 1 aromatic heterocycles. The number of esters is 1. The fraction of sp³-hybridized carbons (Fsp3) is 0.182. The van der Waals surface area contributed by atoms with Crippen molar-refractivity contribution < 1.29 is 24.0 Å². The molecule has 0 amide bonds. The molecule has 2 aromatic carbocycles. The summed E-state index contributed by atoms with van der Waals surface area (Å²) in [7, 11) is 1.20. The molecular weight excluding hydrogens is 388 g/mol. The minimum absolute atomic E-state index is 0.0906. The minimum atomic E-state index is -0.660. The van der Waals surface area contributed by atoms with E-state index in [1.807, 2.05) is 48.7 Å². The number of benzene rings is 2. The Kier molecular flexibility index (Phi) is 5.96. The molecule has 0 N–H and O–H groups in total. The second-order valence-corrected chi connectivity index (χ2v) is 6.60. The summed E-state index contributed by atoms with van der Waals surface area (Å²) < 4.78 is 12.0. The molecule has 154 valence electrons. The monoisotopic (exact) mass is 408 g/mol. The summed E-state index contributed by atoms with van der Waals surface area (Å²) in [5.41, 5.74) is 2.75. The number of nitro groups is 1. The number of rotatable bonds is 7. The van der Waals surface area contributed by atoms with Crippen LogP contribution in [0.4, 0.5) is 5.69 Å². The summed E-state index contributed by atoms with van der Waals surface area (Å²) in [5, 5.41) is 11.3. The van der Waals surface area contributed by atoms with Gasteiger partial charge < -0.3 is 14.0 Å². The van der Waals surface area contributed by atoms with Crippen LogP contribution in [-0.2, 0) is 4.74 Å². The van der Waals surface area contributed by atoms with Crippen molar-refractivity contribution in [2.75, 3.05) is 13.7 Å². The van der Waals surface area contributed by atoms with Crippen molar-refractivity contribution in [2.45, 2.75) is 13.8 Å². The van der Waals surface area contributed by atoms with Gasteiger partial charge in [-0.1, -0.05) is 18.2 Å². The lowest BCUT2D eigenvalue weighted by Crippen LogP contribution is -2.14. The number of hydrogen-bond acceptors (Lipinski definition) is 6. The van der Waals surface area contributed by atoms with E-state index in [1.165, 1.54) is 19.2 Å².